The van der Waals surface area contributed by atoms with Gasteiger partial charge in [0.05, 0.1) is 18.4 Å². The van der Waals surface area contributed by atoms with Crippen LogP contribution in [-0.2, 0) is 0 Å². The molecule has 0 aliphatic rings. The highest BCUT2D eigenvalue weighted by atomic mass is 16.5. The van der Waals surface area contributed by atoms with Gasteiger partial charge in [0, 0.05) is 23.6 Å². The van der Waals surface area contributed by atoms with E-state index in [-0.39, 0.29) is 11.8 Å². The monoisotopic (exact) mass is 347 g/mol. The minimum Gasteiger partial charge on any atom is -0.497 e. The highest BCUT2D eigenvalue weighted by Gasteiger charge is 2.14. The SMILES string of the molecule is COc1ccc(NC(=O)c2ccccc2NC(=O)c2ccncc2)cc1. The van der Waals surface area contributed by atoms with Crippen molar-refractivity contribution in [1.82, 2.24) is 4.98 Å². The van der Waals surface area contributed by atoms with Crippen LogP contribution in [0.3, 0.4) is 0 Å². The predicted molar refractivity (Wildman–Crippen MR) is 99.6 cm³/mol. The van der Waals surface area contributed by atoms with Crippen LogP contribution in [0.5, 0.6) is 5.75 Å². The number of amides is 2. The van der Waals surface area contributed by atoms with E-state index in [0.29, 0.717) is 28.3 Å². The molecule has 0 spiro atoms. The first-order valence-corrected chi connectivity index (χ1v) is 7.93. The van der Waals surface area contributed by atoms with Gasteiger partial charge in [-0.1, -0.05) is 12.1 Å². The van der Waals surface area contributed by atoms with Gasteiger partial charge in [-0.3, -0.25) is 14.6 Å². The fourth-order valence-electron chi connectivity index (χ4n) is 2.36. The maximum atomic E-state index is 12.6. The van der Waals surface area contributed by atoms with Crippen molar-refractivity contribution < 1.29 is 14.3 Å². The highest BCUT2D eigenvalue weighted by Crippen LogP contribution is 2.20. The van der Waals surface area contributed by atoms with Gasteiger partial charge < -0.3 is 15.4 Å². The number of hydrogen-bond donors (Lipinski definition) is 2. The minimum atomic E-state index is -0.319. The van der Waals surface area contributed by atoms with Crippen LogP contribution in [0.4, 0.5) is 11.4 Å². The fraction of sp³-hybridized carbons (Fsp3) is 0.0500. The van der Waals surface area contributed by atoms with E-state index >= 15 is 0 Å². The zero-order valence-electron chi connectivity index (χ0n) is 14.1. The molecule has 3 rings (SSSR count). The van der Waals surface area contributed by atoms with E-state index in [1.54, 1.807) is 67.8 Å². The fourth-order valence-corrected chi connectivity index (χ4v) is 2.36. The molecule has 2 N–H and O–H groups in total. The Morgan fingerprint density at radius 1 is 0.846 bits per heavy atom. The van der Waals surface area contributed by atoms with Gasteiger partial charge in [-0.2, -0.15) is 0 Å². The number of para-hydroxylation sites is 1. The van der Waals surface area contributed by atoms with Gasteiger partial charge in [0.2, 0.25) is 0 Å². The third-order valence-electron chi connectivity index (χ3n) is 3.71. The molecule has 0 atom stereocenters. The molecule has 3 aromatic rings. The molecule has 0 unspecified atom stereocenters. The van der Waals surface area contributed by atoms with Crippen LogP contribution in [0, 0.1) is 0 Å². The molecule has 1 aromatic heterocycles. The quantitative estimate of drug-likeness (QED) is 0.739. The Morgan fingerprint density at radius 3 is 2.23 bits per heavy atom. The number of carbonyl (C=O) groups is 2. The molecule has 0 aliphatic carbocycles. The van der Waals surface area contributed by atoms with Crippen LogP contribution in [0.1, 0.15) is 20.7 Å². The lowest BCUT2D eigenvalue weighted by Gasteiger charge is -2.12. The van der Waals surface area contributed by atoms with Crippen molar-refractivity contribution in [2.24, 2.45) is 0 Å². The van der Waals surface area contributed by atoms with Gasteiger partial charge in [0.25, 0.3) is 11.8 Å². The summed E-state index contributed by atoms with van der Waals surface area (Å²) in [5.41, 5.74) is 1.89. The lowest BCUT2D eigenvalue weighted by molar-refractivity contribution is 0.102. The molecule has 0 fully saturated rings. The molecular weight excluding hydrogens is 330 g/mol. The standard InChI is InChI=1S/C20H17N3O3/c1-26-16-8-6-15(7-9-16)22-20(25)17-4-2-3-5-18(17)23-19(24)14-10-12-21-13-11-14/h2-13H,1H3,(H,22,25)(H,23,24). The van der Waals surface area contributed by atoms with Crippen molar-refractivity contribution in [3.8, 4) is 5.75 Å². The number of aromatic nitrogens is 1. The normalized spacial score (nSPS) is 10.0. The summed E-state index contributed by atoms with van der Waals surface area (Å²) in [6, 6.07) is 17.1. The van der Waals surface area contributed by atoms with E-state index in [0.717, 1.165) is 0 Å². The maximum absolute atomic E-state index is 12.6. The average molecular weight is 347 g/mol. The van der Waals surface area contributed by atoms with Crippen LogP contribution in [0.15, 0.2) is 73.1 Å². The predicted octanol–water partition coefficient (Wildman–Crippen LogP) is 3.59. The van der Waals surface area contributed by atoms with Gasteiger partial charge in [-0.05, 0) is 48.5 Å². The Balaban J connectivity index is 1.77. The van der Waals surface area contributed by atoms with E-state index in [2.05, 4.69) is 15.6 Å². The molecule has 6 nitrogen and oxygen atoms in total. The number of hydrogen-bond acceptors (Lipinski definition) is 4. The van der Waals surface area contributed by atoms with Gasteiger partial charge in [0.1, 0.15) is 5.75 Å². The van der Waals surface area contributed by atoms with Crippen molar-refractivity contribution in [2.45, 2.75) is 0 Å². The van der Waals surface area contributed by atoms with Gasteiger partial charge >= 0.3 is 0 Å². The molecule has 0 saturated heterocycles. The first-order chi connectivity index (χ1) is 12.7. The molecule has 26 heavy (non-hydrogen) atoms. The number of nitrogens with zero attached hydrogens (tertiary/aromatic N) is 1. The number of nitrogens with one attached hydrogen (secondary N) is 2. The van der Waals surface area contributed by atoms with E-state index in [9.17, 15) is 9.59 Å². The average Bonchev–Trinajstić information content (AvgIpc) is 2.69. The lowest BCUT2D eigenvalue weighted by Crippen LogP contribution is -2.18. The molecule has 2 aromatic carbocycles. The van der Waals surface area contributed by atoms with Crippen LogP contribution in [-0.4, -0.2) is 23.9 Å². The Kier molecular flexibility index (Phi) is 5.24. The number of rotatable bonds is 5. The van der Waals surface area contributed by atoms with E-state index in [4.69, 9.17) is 4.74 Å². The summed E-state index contributed by atoms with van der Waals surface area (Å²) in [7, 11) is 1.58. The Morgan fingerprint density at radius 2 is 1.54 bits per heavy atom. The van der Waals surface area contributed by atoms with E-state index in [1.807, 2.05) is 0 Å². The lowest BCUT2D eigenvalue weighted by atomic mass is 10.1. The maximum Gasteiger partial charge on any atom is 0.257 e. The topological polar surface area (TPSA) is 80.3 Å². The van der Waals surface area contributed by atoms with Crippen LogP contribution in [0.25, 0.3) is 0 Å². The number of ether oxygens (including phenoxy) is 1. The Bertz CT molecular complexity index is 909. The summed E-state index contributed by atoms with van der Waals surface area (Å²) in [6.07, 6.45) is 3.08. The third kappa shape index (κ3) is 4.05. The molecule has 2 amide bonds. The largest absolute Gasteiger partial charge is 0.497 e. The summed E-state index contributed by atoms with van der Waals surface area (Å²) in [5.74, 6) is 0.0749. The molecule has 130 valence electrons. The Labute approximate surface area is 150 Å². The summed E-state index contributed by atoms with van der Waals surface area (Å²) in [5, 5.41) is 5.57. The van der Waals surface area contributed by atoms with E-state index < -0.39 is 0 Å². The highest BCUT2D eigenvalue weighted by molar-refractivity contribution is 6.12. The molecule has 6 heteroatoms. The first-order valence-electron chi connectivity index (χ1n) is 7.93. The number of carbonyl (C=O) groups excluding carboxylic acids is 2. The molecule has 0 bridgehead atoms. The second-order valence-corrected chi connectivity index (χ2v) is 5.42. The summed E-state index contributed by atoms with van der Waals surface area (Å²) in [6.45, 7) is 0. The van der Waals surface area contributed by atoms with Crippen molar-refractivity contribution in [3.05, 3.63) is 84.2 Å². The zero-order chi connectivity index (χ0) is 18.4. The van der Waals surface area contributed by atoms with Crippen LogP contribution in [0.2, 0.25) is 0 Å². The van der Waals surface area contributed by atoms with Gasteiger partial charge in [-0.15, -0.1) is 0 Å². The molecule has 0 saturated carbocycles. The van der Waals surface area contributed by atoms with Gasteiger partial charge in [-0.25, -0.2) is 0 Å². The number of methoxy groups -OCH3 is 1. The summed E-state index contributed by atoms with van der Waals surface area (Å²) < 4.78 is 5.10. The first kappa shape index (κ1) is 17.2. The third-order valence-corrected chi connectivity index (χ3v) is 3.71. The van der Waals surface area contributed by atoms with Crippen molar-refractivity contribution >= 4 is 23.2 Å². The second-order valence-electron chi connectivity index (χ2n) is 5.42. The summed E-state index contributed by atoms with van der Waals surface area (Å²) >= 11 is 0. The van der Waals surface area contributed by atoms with Crippen LogP contribution < -0.4 is 15.4 Å². The second kappa shape index (κ2) is 7.94. The van der Waals surface area contributed by atoms with E-state index in [1.165, 1.54) is 12.4 Å². The Hall–Kier alpha value is -3.67. The summed E-state index contributed by atoms with van der Waals surface area (Å²) in [4.78, 5) is 28.8. The molecule has 1 heterocycles. The van der Waals surface area contributed by atoms with Crippen molar-refractivity contribution in [2.75, 3.05) is 17.7 Å². The smallest absolute Gasteiger partial charge is 0.257 e. The number of benzene rings is 2. The number of pyridine rings is 1. The molecule has 0 aliphatic heterocycles. The molecular formula is C20H17N3O3. The molecule has 0 radical (unpaired) electrons. The zero-order valence-corrected chi connectivity index (χ0v) is 14.1. The van der Waals surface area contributed by atoms with Crippen molar-refractivity contribution in [1.29, 1.82) is 0 Å². The van der Waals surface area contributed by atoms with Crippen molar-refractivity contribution in [3.63, 3.8) is 0 Å². The number of anilines is 2. The minimum absolute atomic E-state index is 0.308. The van der Waals surface area contributed by atoms with Gasteiger partial charge in [0.15, 0.2) is 0 Å². The van der Waals surface area contributed by atoms with Crippen LogP contribution >= 0.6 is 0 Å².